The molecule has 1 saturated heterocycles. The highest BCUT2D eigenvalue weighted by molar-refractivity contribution is 5.80. The van der Waals surface area contributed by atoms with E-state index in [-0.39, 0.29) is 18.0 Å². The van der Waals surface area contributed by atoms with Crippen molar-refractivity contribution in [1.29, 1.82) is 0 Å². The second kappa shape index (κ2) is 4.92. The van der Waals surface area contributed by atoms with Crippen LogP contribution in [0.1, 0.15) is 23.9 Å². The van der Waals surface area contributed by atoms with Crippen LogP contribution in [0.3, 0.4) is 0 Å². The standard InChI is InChI=1S/C13H15N5O2/c1-8-16-17-13(20-8)15-10-6-11(19)18(2)12(10)9-4-3-5-14-7-9/h3-5,7,10,12H,6H2,1-2H3,(H,15,17)/t10-,12+/m1/s1. The maximum absolute atomic E-state index is 12.0. The SMILES string of the molecule is Cc1nnc(N[C@@H]2CC(=O)N(C)[C@H]2c2cccnc2)o1. The minimum absolute atomic E-state index is 0.0765. The maximum Gasteiger partial charge on any atom is 0.315 e. The molecule has 2 aromatic heterocycles. The van der Waals surface area contributed by atoms with E-state index in [1.165, 1.54) is 0 Å². The van der Waals surface area contributed by atoms with Crippen molar-refractivity contribution in [3.05, 3.63) is 36.0 Å². The summed E-state index contributed by atoms with van der Waals surface area (Å²) in [5, 5.41) is 10.8. The Balaban J connectivity index is 1.86. The molecule has 3 rings (SSSR count). The fourth-order valence-electron chi connectivity index (χ4n) is 2.52. The lowest BCUT2D eigenvalue weighted by molar-refractivity contribution is -0.127. The Morgan fingerprint density at radius 2 is 2.30 bits per heavy atom. The first kappa shape index (κ1) is 12.6. The molecular formula is C13H15N5O2. The van der Waals surface area contributed by atoms with Crippen LogP contribution < -0.4 is 5.32 Å². The monoisotopic (exact) mass is 273 g/mol. The lowest BCUT2D eigenvalue weighted by Gasteiger charge is -2.24. The van der Waals surface area contributed by atoms with E-state index in [1.54, 1.807) is 31.3 Å². The van der Waals surface area contributed by atoms with Crippen LogP contribution in [0.2, 0.25) is 0 Å². The summed E-state index contributed by atoms with van der Waals surface area (Å²) in [4.78, 5) is 17.8. The highest BCUT2D eigenvalue weighted by atomic mass is 16.4. The molecule has 1 N–H and O–H groups in total. The molecule has 104 valence electrons. The number of hydrogen-bond acceptors (Lipinski definition) is 6. The van der Waals surface area contributed by atoms with Gasteiger partial charge in [-0.05, 0) is 11.6 Å². The normalized spacial score (nSPS) is 22.3. The Bertz CT molecular complexity index is 612. The summed E-state index contributed by atoms with van der Waals surface area (Å²) in [6, 6.07) is 3.95. The molecule has 2 atom stereocenters. The number of nitrogens with zero attached hydrogens (tertiary/aromatic N) is 4. The molecule has 1 aliphatic rings. The first-order valence-electron chi connectivity index (χ1n) is 6.37. The lowest BCUT2D eigenvalue weighted by atomic mass is 10.0. The lowest BCUT2D eigenvalue weighted by Crippen LogP contribution is -2.30. The molecule has 7 nitrogen and oxygen atoms in total. The van der Waals surface area contributed by atoms with Gasteiger partial charge in [-0.25, -0.2) is 0 Å². The number of carbonyl (C=O) groups is 1. The molecular weight excluding hydrogens is 258 g/mol. The van der Waals surface area contributed by atoms with E-state index in [9.17, 15) is 4.79 Å². The third-order valence-electron chi connectivity index (χ3n) is 3.45. The summed E-state index contributed by atoms with van der Waals surface area (Å²) in [6.45, 7) is 1.72. The number of likely N-dealkylation sites (tertiary alicyclic amines) is 1. The van der Waals surface area contributed by atoms with Gasteiger partial charge in [-0.3, -0.25) is 9.78 Å². The molecule has 0 spiro atoms. The van der Waals surface area contributed by atoms with Crippen LogP contribution in [0.15, 0.2) is 28.9 Å². The highest BCUT2D eigenvalue weighted by Gasteiger charge is 2.39. The first-order valence-corrected chi connectivity index (χ1v) is 6.37. The summed E-state index contributed by atoms with van der Waals surface area (Å²) in [5.74, 6) is 0.565. The van der Waals surface area contributed by atoms with Crippen LogP contribution in [-0.2, 0) is 4.79 Å². The molecule has 0 unspecified atom stereocenters. The molecule has 1 aliphatic heterocycles. The largest absolute Gasteiger partial charge is 0.408 e. The average molecular weight is 273 g/mol. The molecule has 0 bridgehead atoms. The van der Waals surface area contributed by atoms with Gasteiger partial charge in [0.15, 0.2) is 0 Å². The number of anilines is 1. The number of rotatable bonds is 3. The molecule has 0 aliphatic carbocycles. The van der Waals surface area contributed by atoms with Crippen molar-refractivity contribution in [2.24, 2.45) is 0 Å². The third-order valence-corrected chi connectivity index (χ3v) is 3.45. The summed E-state index contributed by atoms with van der Waals surface area (Å²) in [5.41, 5.74) is 0.981. The topological polar surface area (TPSA) is 84.2 Å². The first-order chi connectivity index (χ1) is 9.65. The summed E-state index contributed by atoms with van der Waals surface area (Å²) < 4.78 is 5.32. The Kier molecular flexibility index (Phi) is 3.09. The zero-order chi connectivity index (χ0) is 14.1. The number of aryl methyl sites for hydroxylation is 1. The summed E-state index contributed by atoms with van der Waals surface area (Å²) >= 11 is 0. The maximum atomic E-state index is 12.0. The van der Waals surface area contributed by atoms with Gasteiger partial charge < -0.3 is 14.6 Å². The number of amides is 1. The quantitative estimate of drug-likeness (QED) is 0.903. The highest BCUT2D eigenvalue weighted by Crippen LogP contribution is 2.33. The van der Waals surface area contributed by atoms with E-state index in [0.717, 1.165) is 5.56 Å². The van der Waals surface area contributed by atoms with Crippen LogP contribution in [-0.4, -0.2) is 39.1 Å². The smallest absolute Gasteiger partial charge is 0.315 e. The van der Waals surface area contributed by atoms with Crippen molar-refractivity contribution in [3.63, 3.8) is 0 Å². The Morgan fingerprint density at radius 3 is 2.95 bits per heavy atom. The van der Waals surface area contributed by atoms with Crippen LogP contribution in [0, 0.1) is 6.92 Å². The van der Waals surface area contributed by atoms with E-state index < -0.39 is 0 Å². The fraction of sp³-hybridized carbons (Fsp3) is 0.385. The number of pyridine rings is 1. The minimum atomic E-state index is -0.114. The van der Waals surface area contributed by atoms with Crippen molar-refractivity contribution in [3.8, 4) is 0 Å². The summed E-state index contributed by atoms with van der Waals surface area (Å²) in [6.07, 6.45) is 3.87. The average Bonchev–Trinajstić information content (AvgIpc) is 2.96. The molecule has 2 aromatic rings. The second-order valence-electron chi connectivity index (χ2n) is 4.82. The molecule has 0 radical (unpaired) electrons. The molecule has 7 heteroatoms. The van der Waals surface area contributed by atoms with Crippen molar-refractivity contribution >= 4 is 11.9 Å². The van der Waals surface area contributed by atoms with E-state index in [0.29, 0.717) is 18.3 Å². The number of nitrogens with one attached hydrogen (secondary N) is 1. The van der Waals surface area contributed by atoms with Gasteiger partial charge in [-0.15, -0.1) is 5.10 Å². The number of hydrogen-bond donors (Lipinski definition) is 1. The Morgan fingerprint density at radius 1 is 1.45 bits per heavy atom. The van der Waals surface area contributed by atoms with Crippen molar-refractivity contribution in [2.75, 3.05) is 12.4 Å². The second-order valence-corrected chi connectivity index (χ2v) is 4.82. The van der Waals surface area contributed by atoms with Crippen molar-refractivity contribution < 1.29 is 9.21 Å². The molecule has 1 amide bonds. The Hall–Kier alpha value is -2.44. The molecule has 0 aromatic carbocycles. The van der Waals surface area contributed by atoms with E-state index >= 15 is 0 Å². The Labute approximate surface area is 116 Å². The van der Waals surface area contributed by atoms with Gasteiger partial charge in [0.25, 0.3) is 0 Å². The predicted molar refractivity (Wildman–Crippen MR) is 70.8 cm³/mol. The van der Waals surface area contributed by atoms with Crippen LogP contribution >= 0.6 is 0 Å². The minimum Gasteiger partial charge on any atom is -0.408 e. The van der Waals surface area contributed by atoms with Crippen LogP contribution in [0.4, 0.5) is 6.01 Å². The van der Waals surface area contributed by atoms with Gasteiger partial charge in [0.2, 0.25) is 11.8 Å². The number of likely N-dealkylation sites (N-methyl/N-ethyl adjacent to an activating group) is 1. The van der Waals surface area contributed by atoms with Gasteiger partial charge in [0.05, 0.1) is 12.1 Å². The van der Waals surface area contributed by atoms with Gasteiger partial charge in [0, 0.05) is 32.8 Å². The fourth-order valence-corrected chi connectivity index (χ4v) is 2.52. The van der Waals surface area contributed by atoms with Crippen LogP contribution in [0.25, 0.3) is 0 Å². The van der Waals surface area contributed by atoms with Crippen molar-refractivity contribution in [1.82, 2.24) is 20.1 Å². The van der Waals surface area contributed by atoms with E-state index in [2.05, 4.69) is 20.5 Å². The van der Waals surface area contributed by atoms with Gasteiger partial charge in [0.1, 0.15) is 0 Å². The predicted octanol–water partition coefficient (Wildman–Crippen LogP) is 1.16. The molecule has 0 saturated carbocycles. The number of aromatic nitrogens is 3. The van der Waals surface area contributed by atoms with E-state index in [1.807, 2.05) is 12.1 Å². The number of carbonyl (C=O) groups excluding carboxylic acids is 1. The van der Waals surface area contributed by atoms with Gasteiger partial charge >= 0.3 is 6.01 Å². The molecule has 3 heterocycles. The molecule has 1 fully saturated rings. The summed E-state index contributed by atoms with van der Waals surface area (Å²) in [7, 11) is 1.79. The zero-order valence-corrected chi connectivity index (χ0v) is 11.3. The van der Waals surface area contributed by atoms with Crippen LogP contribution in [0.5, 0.6) is 0 Å². The van der Waals surface area contributed by atoms with Gasteiger partial charge in [-0.1, -0.05) is 11.2 Å². The van der Waals surface area contributed by atoms with Gasteiger partial charge in [-0.2, -0.15) is 0 Å². The van der Waals surface area contributed by atoms with Crippen molar-refractivity contribution in [2.45, 2.75) is 25.4 Å². The zero-order valence-electron chi connectivity index (χ0n) is 11.3. The van der Waals surface area contributed by atoms with E-state index in [4.69, 9.17) is 4.42 Å². The third kappa shape index (κ3) is 2.22. The molecule has 20 heavy (non-hydrogen) atoms.